The molecular formula is C11H12O3. The minimum absolute atomic E-state index is 0.134. The zero-order chi connectivity index (χ0) is 10.8. The van der Waals surface area contributed by atoms with Crippen LogP contribution in [0, 0.1) is 23.7 Å². The van der Waals surface area contributed by atoms with Crippen molar-refractivity contribution in [2.75, 3.05) is 7.11 Å². The molecule has 14 heavy (non-hydrogen) atoms. The molecule has 0 unspecified atom stereocenters. The normalized spacial score (nSPS) is 7.57. The van der Waals surface area contributed by atoms with Gasteiger partial charge in [-0.15, -0.1) is 0 Å². The highest BCUT2D eigenvalue weighted by Gasteiger charge is 1.87. The van der Waals surface area contributed by atoms with Crippen LogP contribution in [0.4, 0.5) is 0 Å². The van der Waals surface area contributed by atoms with Crippen LogP contribution in [0.1, 0.15) is 26.2 Å². The lowest BCUT2D eigenvalue weighted by Gasteiger charge is -1.85. The average molecular weight is 192 g/mol. The topological polar surface area (TPSA) is 43.4 Å². The van der Waals surface area contributed by atoms with E-state index in [1.54, 1.807) is 0 Å². The fourth-order valence-electron chi connectivity index (χ4n) is 0.638. The van der Waals surface area contributed by atoms with Gasteiger partial charge in [0.25, 0.3) is 0 Å². The monoisotopic (exact) mass is 192 g/mol. The van der Waals surface area contributed by atoms with Crippen molar-refractivity contribution in [1.82, 2.24) is 0 Å². The van der Waals surface area contributed by atoms with Crippen molar-refractivity contribution in [3.05, 3.63) is 0 Å². The quantitative estimate of drug-likeness (QED) is 0.215. The molecule has 0 atom stereocenters. The SMILES string of the molecule is COC(=O)C#CCCCC#CC(C)=O. The first-order valence-electron chi connectivity index (χ1n) is 4.23. The Balaban J connectivity index is 3.56. The summed E-state index contributed by atoms with van der Waals surface area (Å²) >= 11 is 0. The fraction of sp³-hybridized carbons (Fsp3) is 0.455. The summed E-state index contributed by atoms with van der Waals surface area (Å²) in [7, 11) is 1.29. The average Bonchev–Trinajstić information content (AvgIpc) is 2.15. The Bertz CT molecular complexity index is 320. The minimum atomic E-state index is -0.528. The van der Waals surface area contributed by atoms with E-state index in [0.717, 1.165) is 6.42 Å². The Morgan fingerprint density at radius 2 is 1.71 bits per heavy atom. The van der Waals surface area contributed by atoms with E-state index in [-0.39, 0.29) is 5.78 Å². The molecule has 0 heterocycles. The van der Waals surface area contributed by atoms with Gasteiger partial charge in [0.1, 0.15) is 0 Å². The predicted octanol–water partition coefficient (Wildman–Crippen LogP) is 0.925. The second-order valence-electron chi connectivity index (χ2n) is 2.50. The van der Waals surface area contributed by atoms with Gasteiger partial charge in [-0.2, -0.15) is 0 Å². The van der Waals surface area contributed by atoms with E-state index in [1.165, 1.54) is 14.0 Å². The molecule has 0 aliphatic carbocycles. The number of carbonyl (C=O) groups excluding carboxylic acids is 2. The molecule has 0 fully saturated rings. The molecule has 0 amide bonds. The minimum Gasteiger partial charge on any atom is -0.459 e. The molecule has 0 saturated carbocycles. The summed E-state index contributed by atoms with van der Waals surface area (Å²) in [4.78, 5) is 20.9. The first kappa shape index (κ1) is 12.3. The number of ketones is 1. The number of methoxy groups -OCH3 is 1. The number of carbonyl (C=O) groups is 2. The van der Waals surface area contributed by atoms with Crippen LogP contribution in [0.5, 0.6) is 0 Å². The van der Waals surface area contributed by atoms with Crippen LogP contribution in [0.2, 0.25) is 0 Å². The van der Waals surface area contributed by atoms with Gasteiger partial charge in [0.15, 0.2) is 0 Å². The lowest BCUT2D eigenvalue weighted by molar-refractivity contribution is -0.133. The van der Waals surface area contributed by atoms with E-state index >= 15 is 0 Å². The number of unbranched alkanes of at least 4 members (excludes halogenated alkanes) is 2. The van der Waals surface area contributed by atoms with Crippen molar-refractivity contribution in [3.63, 3.8) is 0 Å². The van der Waals surface area contributed by atoms with Crippen LogP contribution in [0.3, 0.4) is 0 Å². The van der Waals surface area contributed by atoms with Gasteiger partial charge in [-0.05, 0) is 12.3 Å². The van der Waals surface area contributed by atoms with E-state index in [4.69, 9.17) is 0 Å². The predicted molar refractivity (Wildman–Crippen MR) is 52.1 cm³/mol. The largest absolute Gasteiger partial charge is 0.459 e. The van der Waals surface area contributed by atoms with Gasteiger partial charge < -0.3 is 4.74 Å². The highest BCUT2D eigenvalue weighted by atomic mass is 16.5. The molecule has 74 valence electrons. The maximum absolute atomic E-state index is 10.5. The standard InChI is InChI=1S/C11H12O3/c1-10(12)8-6-4-3-5-7-9-11(13)14-2/h3-5H2,1-2H3. The van der Waals surface area contributed by atoms with E-state index in [1.807, 2.05) is 0 Å². The molecular weight excluding hydrogens is 180 g/mol. The van der Waals surface area contributed by atoms with E-state index in [9.17, 15) is 9.59 Å². The van der Waals surface area contributed by atoms with Crippen LogP contribution in [0.15, 0.2) is 0 Å². The van der Waals surface area contributed by atoms with Crippen LogP contribution in [-0.4, -0.2) is 18.9 Å². The smallest absolute Gasteiger partial charge is 0.384 e. The van der Waals surface area contributed by atoms with E-state index in [0.29, 0.717) is 12.8 Å². The zero-order valence-corrected chi connectivity index (χ0v) is 8.35. The zero-order valence-electron chi connectivity index (χ0n) is 8.35. The van der Waals surface area contributed by atoms with Crippen molar-refractivity contribution in [3.8, 4) is 23.7 Å². The summed E-state index contributed by atoms with van der Waals surface area (Å²) in [6.07, 6.45) is 1.96. The van der Waals surface area contributed by atoms with Gasteiger partial charge in [-0.25, -0.2) is 4.79 Å². The van der Waals surface area contributed by atoms with Crippen LogP contribution in [0.25, 0.3) is 0 Å². The molecule has 3 nitrogen and oxygen atoms in total. The van der Waals surface area contributed by atoms with Crippen molar-refractivity contribution >= 4 is 11.8 Å². The number of esters is 1. The molecule has 0 aromatic heterocycles. The van der Waals surface area contributed by atoms with Gasteiger partial charge in [-0.3, -0.25) is 4.79 Å². The summed E-state index contributed by atoms with van der Waals surface area (Å²) in [6, 6.07) is 0. The van der Waals surface area contributed by atoms with Gasteiger partial charge in [-0.1, -0.05) is 11.8 Å². The van der Waals surface area contributed by atoms with Crippen LogP contribution >= 0.6 is 0 Å². The summed E-state index contributed by atoms with van der Waals surface area (Å²) in [5, 5.41) is 0. The molecule has 0 saturated heterocycles. The van der Waals surface area contributed by atoms with Gasteiger partial charge in [0, 0.05) is 25.7 Å². The molecule has 0 radical (unpaired) electrons. The summed E-state index contributed by atoms with van der Waals surface area (Å²) in [5.41, 5.74) is 0. The summed E-state index contributed by atoms with van der Waals surface area (Å²) in [6.45, 7) is 1.42. The number of rotatable bonds is 2. The van der Waals surface area contributed by atoms with Gasteiger partial charge in [0.05, 0.1) is 7.11 Å². The Kier molecular flexibility index (Phi) is 6.91. The number of Topliss-reactive ketones (excluding diaryl/α,β-unsaturated/α-hetero) is 1. The van der Waals surface area contributed by atoms with Crippen molar-refractivity contribution < 1.29 is 14.3 Å². The van der Waals surface area contributed by atoms with Crippen LogP contribution in [-0.2, 0) is 14.3 Å². The van der Waals surface area contributed by atoms with E-state index < -0.39 is 5.97 Å². The number of hydrogen-bond acceptors (Lipinski definition) is 3. The molecule has 0 aromatic carbocycles. The number of ether oxygens (including phenoxy) is 1. The highest BCUT2D eigenvalue weighted by Crippen LogP contribution is 1.91. The molecule has 0 aliphatic heterocycles. The molecule has 0 N–H and O–H groups in total. The second-order valence-corrected chi connectivity index (χ2v) is 2.50. The second kappa shape index (κ2) is 7.89. The van der Waals surface area contributed by atoms with Gasteiger partial charge >= 0.3 is 5.97 Å². The Labute approximate surface area is 83.8 Å². The van der Waals surface area contributed by atoms with Crippen molar-refractivity contribution in [2.24, 2.45) is 0 Å². The van der Waals surface area contributed by atoms with Gasteiger partial charge in [0.2, 0.25) is 5.78 Å². The Morgan fingerprint density at radius 1 is 1.14 bits per heavy atom. The van der Waals surface area contributed by atoms with Crippen molar-refractivity contribution in [1.29, 1.82) is 0 Å². The molecule has 3 heteroatoms. The molecule has 0 rings (SSSR count). The van der Waals surface area contributed by atoms with Crippen molar-refractivity contribution in [2.45, 2.75) is 26.2 Å². The maximum Gasteiger partial charge on any atom is 0.384 e. The Hall–Kier alpha value is -1.74. The third kappa shape index (κ3) is 8.36. The number of hydrogen-bond donors (Lipinski definition) is 0. The first-order valence-corrected chi connectivity index (χ1v) is 4.23. The highest BCUT2D eigenvalue weighted by molar-refractivity contribution is 5.93. The summed E-state index contributed by atoms with van der Waals surface area (Å²) in [5.74, 6) is 9.42. The molecule has 0 bridgehead atoms. The third-order valence-corrected chi connectivity index (χ3v) is 1.24. The lowest BCUT2D eigenvalue weighted by atomic mass is 10.2. The fourth-order valence-corrected chi connectivity index (χ4v) is 0.638. The third-order valence-electron chi connectivity index (χ3n) is 1.24. The van der Waals surface area contributed by atoms with E-state index in [2.05, 4.69) is 28.4 Å². The molecule has 0 spiro atoms. The Morgan fingerprint density at radius 3 is 2.21 bits per heavy atom. The molecule has 0 aromatic rings. The first-order chi connectivity index (χ1) is 6.66. The summed E-state index contributed by atoms with van der Waals surface area (Å²) < 4.78 is 4.32. The van der Waals surface area contributed by atoms with Crippen LogP contribution < -0.4 is 0 Å². The maximum atomic E-state index is 10.5. The molecule has 0 aliphatic rings. The lowest BCUT2D eigenvalue weighted by Crippen LogP contribution is -1.94.